The molecule has 0 saturated heterocycles. The largest absolute Gasteiger partial charge is 0.402 e. The lowest BCUT2D eigenvalue weighted by atomic mass is 10.3. The normalized spacial score (nSPS) is 5.88. The van der Waals surface area contributed by atoms with Crippen LogP contribution in [0.1, 0.15) is 20.8 Å². The lowest BCUT2D eigenvalue weighted by Crippen LogP contribution is -1.91. The minimum absolute atomic E-state index is 0. The first-order valence-corrected chi connectivity index (χ1v) is 2.04. The van der Waals surface area contributed by atoms with E-state index in [1.165, 1.54) is 5.57 Å². The van der Waals surface area contributed by atoms with Gasteiger partial charge in [-0.25, -0.2) is 0 Å². The van der Waals surface area contributed by atoms with E-state index in [0.29, 0.717) is 0 Å². The summed E-state index contributed by atoms with van der Waals surface area (Å²) in [5.41, 5.74) is 7.44. The molecule has 0 saturated carbocycles. The van der Waals surface area contributed by atoms with Gasteiger partial charge in [0.2, 0.25) is 0 Å². The topological polar surface area (TPSA) is 26.0 Å². The molecule has 0 aromatic rings. The second-order valence-corrected chi connectivity index (χ2v) is 1.68. The number of allylic oxidation sites excluding steroid dienone is 2. The van der Waals surface area contributed by atoms with E-state index in [1.54, 1.807) is 0 Å². The molecule has 0 bridgehead atoms. The highest BCUT2D eigenvalue weighted by molar-refractivity contribution is 5.85. The van der Waals surface area contributed by atoms with Gasteiger partial charge >= 0.3 is 0 Å². The van der Waals surface area contributed by atoms with Gasteiger partial charge in [0.25, 0.3) is 0 Å². The molecular weight excluding hydrogens is 145 g/mol. The van der Waals surface area contributed by atoms with Crippen molar-refractivity contribution >= 4 is 24.8 Å². The van der Waals surface area contributed by atoms with E-state index in [0.717, 1.165) is 5.70 Å². The molecule has 0 unspecified atom stereocenters. The monoisotopic (exact) mass is 157 g/mol. The number of hydrogen-bond acceptors (Lipinski definition) is 1. The van der Waals surface area contributed by atoms with Crippen LogP contribution in [0.25, 0.3) is 0 Å². The third-order valence-electron chi connectivity index (χ3n) is 0.789. The molecule has 0 amide bonds. The lowest BCUT2D eigenvalue weighted by molar-refractivity contribution is 1.19. The lowest BCUT2D eigenvalue weighted by Gasteiger charge is -1.88. The molecule has 0 aromatic carbocycles. The highest BCUT2D eigenvalue weighted by Crippen LogP contribution is 1.90. The van der Waals surface area contributed by atoms with Gasteiger partial charge in [0.15, 0.2) is 0 Å². The van der Waals surface area contributed by atoms with Gasteiger partial charge in [-0.1, -0.05) is 5.57 Å². The van der Waals surface area contributed by atoms with Gasteiger partial charge in [-0.2, -0.15) is 0 Å². The molecule has 0 atom stereocenters. The predicted octanol–water partition coefficient (Wildman–Crippen LogP) is 2.10. The maximum Gasteiger partial charge on any atom is 0.00351 e. The maximum atomic E-state index is 5.31. The van der Waals surface area contributed by atoms with Crippen molar-refractivity contribution in [3.8, 4) is 0 Å². The summed E-state index contributed by atoms with van der Waals surface area (Å²) in [5.74, 6) is 0. The minimum atomic E-state index is 0. The third kappa shape index (κ3) is 9.45. The van der Waals surface area contributed by atoms with Crippen LogP contribution in [0.3, 0.4) is 0 Å². The summed E-state index contributed by atoms with van der Waals surface area (Å²) in [7, 11) is 0. The van der Waals surface area contributed by atoms with E-state index in [2.05, 4.69) is 0 Å². The Morgan fingerprint density at radius 1 is 1.00 bits per heavy atom. The van der Waals surface area contributed by atoms with Crippen molar-refractivity contribution in [3.05, 3.63) is 11.3 Å². The molecule has 0 rings (SSSR count). The summed E-state index contributed by atoms with van der Waals surface area (Å²) >= 11 is 0. The van der Waals surface area contributed by atoms with Crippen LogP contribution in [0, 0.1) is 0 Å². The van der Waals surface area contributed by atoms with Gasteiger partial charge in [0, 0.05) is 5.70 Å². The van der Waals surface area contributed by atoms with Crippen molar-refractivity contribution in [3.63, 3.8) is 0 Å². The van der Waals surface area contributed by atoms with Crippen LogP contribution in [0.4, 0.5) is 0 Å². The SMILES string of the molecule is CC(C)=C(C)N.Cl.Cl. The van der Waals surface area contributed by atoms with Crippen LogP contribution in [0.5, 0.6) is 0 Å². The molecule has 0 radical (unpaired) electrons. The molecule has 2 N–H and O–H groups in total. The Morgan fingerprint density at radius 2 is 1.12 bits per heavy atom. The van der Waals surface area contributed by atoms with E-state index >= 15 is 0 Å². The standard InChI is InChI=1S/C5H11N.2ClH/c1-4(2)5(3)6;;/h6H2,1-3H3;2*1H. The molecule has 52 valence electrons. The molecule has 0 aliphatic carbocycles. The Balaban J connectivity index is -0.000000125. The summed E-state index contributed by atoms with van der Waals surface area (Å²) in [6, 6.07) is 0. The second kappa shape index (κ2) is 7.12. The average Bonchev–Trinajstić information content (AvgIpc) is 1.36. The summed E-state index contributed by atoms with van der Waals surface area (Å²) in [6.45, 7) is 5.89. The van der Waals surface area contributed by atoms with Crippen molar-refractivity contribution in [1.29, 1.82) is 0 Å². The van der Waals surface area contributed by atoms with Gasteiger partial charge in [-0.15, -0.1) is 24.8 Å². The highest BCUT2D eigenvalue weighted by atomic mass is 35.5. The molecule has 0 heterocycles. The van der Waals surface area contributed by atoms with Crippen LogP contribution >= 0.6 is 24.8 Å². The van der Waals surface area contributed by atoms with Crippen molar-refractivity contribution < 1.29 is 0 Å². The van der Waals surface area contributed by atoms with Crippen molar-refractivity contribution in [2.75, 3.05) is 0 Å². The smallest absolute Gasteiger partial charge is 0.00351 e. The van der Waals surface area contributed by atoms with Crippen molar-refractivity contribution in [2.24, 2.45) is 5.73 Å². The van der Waals surface area contributed by atoms with Gasteiger partial charge in [0.05, 0.1) is 0 Å². The van der Waals surface area contributed by atoms with Crippen LogP contribution in [0.2, 0.25) is 0 Å². The summed E-state index contributed by atoms with van der Waals surface area (Å²) in [4.78, 5) is 0. The Hall–Kier alpha value is 0.120. The molecule has 0 aliphatic heterocycles. The van der Waals surface area contributed by atoms with Gasteiger partial charge in [-0.3, -0.25) is 0 Å². The number of rotatable bonds is 0. The fourth-order valence-electron chi connectivity index (χ4n) is 0. The predicted molar refractivity (Wildman–Crippen MR) is 42.7 cm³/mol. The molecule has 1 nitrogen and oxygen atoms in total. The Kier molecular flexibility index (Phi) is 14.0. The summed E-state index contributed by atoms with van der Waals surface area (Å²) < 4.78 is 0. The quantitative estimate of drug-likeness (QED) is 0.573. The van der Waals surface area contributed by atoms with Gasteiger partial charge in [-0.05, 0) is 20.8 Å². The van der Waals surface area contributed by atoms with Crippen LogP contribution in [0.15, 0.2) is 11.3 Å². The minimum Gasteiger partial charge on any atom is -0.402 e. The Morgan fingerprint density at radius 3 is 1.12 bits per heavy atom. The number of nitrogens with two attached hydrogens (primary N) is 1. The van der Waals surface area contributed by atoms with E-state index in [4.69, 9.17) is 5.73 Å². The van der Waals surface area contributed by atoms with Gasteiger partial charge in [0.1, 0.15) is 0 Å². The van der Waals surface area contributed by atoms with Crippen LogP contribution in [-0.4, -0.2) is 0 Å². The average molecular weight is 158 g/mol. The molecule has 8 heavy (non-hydrogen) atoms. The molecule has 0 fully saturated rings. The summed E-state index contributed by atoms with van der Waals surface area (Å²) in [5, 5.41) is 0. The molecular formula is C5H13Cl2N. The van der Waals surface area contributed by atoms with E-state index in [1.807, 2.05) is 20.8 Å². The Labute approximate surface area is 63.2 Å². The van der Waals surface area contributed by atoms with E-state index in [9.17, 15) is 0 Å². The van der Waals surface area contributed by atoms with E-state index < -0.39 is 0 Å². The number of halogens is 2. The molecule has 0 spiro atoms. The first kappa shape index (κ1) is 15.7. The molecule has 0 aliphatic rings. The second-order valence-electron chi connectivity index (χ2n) is 1.68. The summed E-state index contributed by atoms with van der Waals surface area (Å²) in [6.07, 6.45) is 0. The van der Waals surface area contributed by atoms with Crippen LogP contribution in [-0.2, 0) is 0 Å². The first-order chi connectivity index (χ1) is 2.64. The zero-order chi connectivity index (χ0) is 5.15. The van der Waals surface area contributed by atoms with Gasteiger partial charge < -0.3 is 5.73 Å². The third-order valence-corrected chi connectivity index (χ3v) is 0.789. The van der Waals surface area contributed by atoms with Crippen LogP contribution < -0.4 is 5.73 Å². The Bertz CT molecular complexity index is 60.5. The highest BCUT2D eigenvalue weighted by Gasteiger charge is 1.75. The van der Waals surface area contributed by atoms with E-state index in [-0.39, 0.29) is 24.8 Å². The maximum absolute atomic E-state index is 5.31. The fraction of sp³-hybridized carbons (Fsp3) is 0.600. The molecule has 0 aromatic heterocycles. The van der Waals surface area contributed by atoms with Crippen molar-refractivity contribution in [1.82, 2.24) is 0 Å². The van der Waals surface area contributed by atoms with Crippen molar-refractivity contribution in [2.45, 2.75) is 20.8 Å². The zero-order valence-electron chi connectivity index (χ0n) is 5.39. The first-order valence-electron chi connectivity index (χ1n) is 2.04. The zero-order valence-corrected chi connectivity index (χ0v) is 7.03. The number of hydrogen-bond donors (Lipinski definition) is 1. The molecule has 3 heteroatoms. The fourth-order valence-corrected chi connectivity index (χ4v) is 0.